The van der Waals surface area contributed by atoms with Crippen LogP contribution in [-0.4, -0.2) is 25.8 Å². The normalized spacial score (nSPS) is 11.8. The third-order valence-corrected chi connectivity index (χ3v) is 4.13. The highest BCUT2D eigenvalue weighted by molar-refractivity contribution is 5.14. The van der Waals surface area contributed by atoms with Gasteiger partial charge in [0.25, 0.3) is 5.97 Å². The van der Waals surface area contributed by atoms with Gasteiger partial charge < -0.3 is 14.2 Å². The van der Waals surface area contributed by atoms with Gasteiger partial charge in [-0.25, -0.2) is 0 Å². The smallest absolute Gasteiger partial charge is 0.282 e. The lowest BCUT2D eigenvalue weighted by molar-refractivity contribution is -0.380. The third kappa shape index (κ3) is 8.81. The fourth-order valence-corrected chi connectivity index (χ4v) is 3.02. The summed E-state index contributed by atoms with van der Waals surface area (Å²) in [4.78, 5) is 0. The molecule has 0 spiro atoms. The van der Waals surface area contributed by atoms with Gasteiger partial charge in [-0.05, 0) is 45.6 Å². The molecule has 0 N–H and O–H groups in total. The van der Waals surface area contributed by atoms with E-state index in [0.29, 0.717) is 19.8 Å². The van der Waals surface area contributed by atoms with Gasteiger partial charge in [-0.15, -0.1) is 0 Å². The van der Waals surface area contributed by atoms with Crippen molar-refractivity contribution in [1.29, 1.82) is 0 Å². The molecule has 24 heavy (non-hydrogen) atoms. The van der Waals surface area contributed by atoms with Gasteiger partial charge >= 0.3 is 0 Å². The zero-order valence-electron chi connectivity index (χ0n) is 15.9. The molecule has 1 aromatic carbocycles. The van der Waals surface area contributed by atoms with Gasteiger partial charge in [0.2, 0.25) is 0 Å². The van der Waals surface area contributed by atoms with Crippen LogP contribution in [-0.2, 0) is 20.6 Å². The van der Waals surface area contributed by atoms with Crippen LogP contribution in [0.2, 0.25) is 0 Å². The number of ether oxygens (including phenoxy) is 3. The van der Waals surface area contributed by atoms with Crippen LogP contribution in [0, 0.1) is 0 Å². The monoisotopic (exact) mass is 336 g/mol. The van der Waals surface area contributed by atoms with Gasteiger partial charge in [0.1, 0.15) is 0 Å². The molecule has 0 aromatic heterocycles. The summed E-state index contributed by atoms with van der Waals surface area (Å²) in [6, 6.07) is 10.8. The van der Waals surface area contributed by atoms with E-state index in [-0.39, 0.29) is 0 Å². The van der Waals surface area contributed by atoms with Crippen molar-refractivity contribution < 1.29 is 14.2 Å². The Morgan fingerprint density at radius 3 is 1.71 bits per heavy atom. The van der Waals surface area contributed by atoms with Crippen molar-refractivity contribution in [3.05, 3.63) is 35.9 Å². The van der Waals surface area contributed by atoms with Crippen LogP contribution >= 0.6 is 0 Å². The molecule has 1 aromatic rings. The lowest BCUT2D eigenvalue weighted by Gasteiger charge is -2.32. The molecule has 0 fully saturated rings. The Balaban J connectivity index is 2.12. The van der Waals surface area contributed by atoms with Crippen LogP contribution in [0.4, 0.5) is 0 Å². The maximum atomic E-state index is 5.76. The average Bonchev–Trinajstić information content (AvgIpc) is 2.59. The van der Waals surface area contributed by atoms with Crippen molar-refractivity contribution in [3.63, 3.8) is 0 Å². The molecule has 0 aliphatic carbocycles. The van der Waals surface area contributed by atoms with E-state index in [2.05, 4.69) is 30.3 Å². The zero-order chi connectivity index (χ0) is 17.5. The first-order valence-corrected chi connectivity index (χ1v) is 9.72. The number of benzene rings is 1. The summed E-state index contributed by atoms with van der Waals surface area (Å²) in [5.74, 6) is -0.828. The molecular weight excluding hydrogens is 300 g/mol. The number of hydrogen-bond acceptors (Lipinski definition) is 3. The molecule has 0 saturated heterocycles. The van der Waals surface area contributed by atoms with Crippen LogP contribution in [0.5, 0.6) is 0 Å². The largest absolute Gasteiger partial charge is 0.328 e. The summed E-state index contributed by atoms with van der Waals surface area (Å²) in [7, 11) is 0. The van der Waals surface area contributed by atoms with Crippen molar-refractivity contribution in [3.8, 4) is 0 Å². The molecule has 1 rings (SSSR count). The molecule has 0 heterocycles. The fourth-order valence-electron chi connectivity index (χ4n) is 3.02. The second-order valence-corrected chi connectivity index (χ2v) is 6.09. The molecule has 0 unspecified atom stereocenters. The summed E-state index contributed by atoms with van der Waals surface area (Å²) in [5.41, 5.74) is 1.45. The molecule has 3 heteroatoms. The Morgan fingerprint density at radius 1 is 0.667 bits per heavy atom. The average molecular weight is 337 g/mol. The standard InChI is InChI=1S/C21H36O3/c1-4-22-21(23-5-2,24-6-3)19-15-10-8-7-9-12-16-20-17-13-11-14-18-20/h11,13-14,17-18H,4-10,12,15-16,19H2,1-3H3. The summed E-state index contributed by atoms with van der Waals surface area (Å²) in [6.07, 6.45) is 9.47. The highest BCUT2D eigenvalue weighted by Crippen LogP contribution is 2.24. The van der Waals surface area contributed by atoms with Gasteiger partial charge in [0.05, 0.1) is 0 Å². The molecule has 0 bridgehead atoms. The second-order valence-electron chi connectivity index (χ2n) is 6.09. The van der Waals surface area contributed by atoms with Gasteiger partial charge in [-0.2, -0.15) is 0 Å². The molecule has 0 amide bonds. The first kappa shape index (κ1) is 21.1. The third-order valence-electron chi connectivity index (χ3n) is 4.13. The highest BCUT2D eigenvalue weighted by Gasteiger charge is 2.31. The Hall–Kier alpha value is -0.900. The topological polar surface area (TPSA) is 27.7 Å². The van der Waals surface area contributed by atoms with E-state index in [9.17, 15) is 0 Å². The number of unbranched alkanes of at least 4 members (excludes halogenated alkanes) is 5. The minimum atomic E-state index is -0.828. The van der Waals surface area contributed by atoms with Gasteiger partial charge in [0.15, 0.2) is 0 Å². The van der Waals surface area contributed by atoms with Crippen molar-refractivity contribution >= 4 is 0 Å². The molecule has 3 nitrogen and oxygen atoms in total. The van der Waals surface area contributed by atoms with E-state index >= 15 is 0 Å². The van der Waals surface area contributed by atoms with E-state index in [0.717, 1.165) is 12.8 Å². The lowest BCUT2D eigenvalue weighted by Crippen LogP contribution is -2.39. The molecular formula is C21H36O3. The van der Waals surface area contributed by atoms with Gasteiger partial charge in [-0.1, -0.05) is 56.0 Å². The van der Waals surface area contributed by atoms with E-state index in [1.807, 2.05) is 20.8 Å². The Kier molecular flexibility index (Phi) is 11.8. The number of rotatable bonds is 15. The number of aryl methyl sites for hydroxylation is 1. The van der Waals surface area contributed by atoms with Crippen LogP contribution in [0.3, 0.4) is 0 Å². The molecule has 0 saturated carbocycles. The minimum Gasteiger partial charge on any atom is -0.328 e. The summed E-state index contributed by atoms with van der Waals surface area (Å²) in [5, 5.41) is 0. The fraction of sp³-hybridized carbons (Fsp3) is 0.714. The summed E-state index contributed by atoms with van der Waals surface area (Å²) in [6.45, 7) is 7.79. The lowest BCUT2D eigenvalue weighted by atomic mass is 10.0. The zero-order valence-corrected chi connectivity index (χ0v) is 15.9. The van der Waals surface area contributed by atoms with E-state index in [1.165, 1.54) is 44.1 Å². The van der Waals surface area contributed by atoms with E-state index in [4.69, 9.17) is 14.2 Å². The maximum absolute atomic E-state index is 5.76. The van der Waals surface area contributed by atoms with Crippen LogP contribution in [0.15, 0.2) is 30.3 Å². The van der Waals surface area contributed by atoms with Crippen molar-refractivity contribution in [2.45, 2.75) is 78.1 Å². The molecule has 138 valence electrons. The minimum absolute atomic E-state index is 0.611. The van der Waals surface area contributed by atoms with Gasteiger partial charge in [0, 0.05) is 26.2 Å². The Labute approximate surface area is 148 Å². The molecule has 0 aliphatic heterocycles. The predicted octanol–water partition coefficient (Wildman–Crippen LogP) is 5.72. The van der Waals surface area contributed by atoms with E-state index < -0.39 is 5.97 Å². The quantitative estimate of drug-likeness (QED) is 0.303. The van der Waals surface area contributed by atoms with Crippen molar-refractivity contribution in [2.75, 3.05) is 19.8 Å². The van der Waals surface area contributed by atoms with Crippen LogP contribution in [0.25, 0.3) is 0 Å². The Morgan fingerprint density at radius 2 is 1.17 bits per heavy atom. The SMILES string of the molecule is CCOC(CCCCCCCCc1ccccc1)(OCC)OCC. The van der Waals surface area contributed by atoms with Crippen molar-refractivity contribution in [2.24, 2.45) is 0 Å². The molecule has 0 atom stereocenters. The van der Waals surface area contributed by atoms with Crippen LogP contribution in [0.1, 0.15) is 71.3 Å². The first-order chi connectivity index (χ1) is 11.8. The van der Waals surface area contributed by atoms with Crippen molar-refractivity contribution in [1.82, 2.24) is 0 Å². The van der Waals surface area contributed by atoms with Gasteiger partial charge in [-0.3, -0.25) is 0 Å². The Bertz CT molecular complexity index is 374. The maximum Gasteiger partial charge on any atom is 0.282 e. The summed E-state index contributed by atoms with van der Waals surface area (Å²) < 4.78 is 17.3. The first-order valence-electron chi connectivity index (χ1n) is 9.72. The summed E-state index contributed by atoms with van der Waals surface area (Å²) >= 11 is 0. The second kappa shape index (κ2) is 13.4. The number of hydrogen-bond donors (Lipinski definition) is 0. The molecule has 0 aliphatic rings. The highest BCUT2D eigenvalue weighted by atomic mass is 16.9. The van der Waals surface area contributed by atoms with Crippen LogP contribution < -0.4 is 0 Å². The molecule has 0 radical (unpaired) electrons. The van der Waals surface area contributed by atoms with E-state index in [1.54, 1.807) is 0 Å². The predicted molar refractivity (Wildman–Crippen MR) is 100 cm³/mol.